The van der Waals surface area contributed by atoms with Crippen LogP contribution in [-0.4, -0.2) is 15.4 Å². The largest absolute Gasteiger partial charge is 0.476 e. The highest BCUT2D eigenvalue weighted by Crippen LogP contribution is 2.07. The topological polar surface area (TPSA) is 74.0 Å². The molecule has 0 unspecified atom stereocenters. The van der Waals surface area contributed by atoms with Gasteiger partial charge in [-0.05, 0) is 11.5 Å². The smallest absolute Gasteiger partial charge is 0.355 e. The van der Waals surface area contributed by atoms with Crippen molar-refractivity contribution < 1.29 is 9.90 Å². The molecule has 0 aliphatic heterocycles. The summed E-state index contributed by atoms with van der Waals surface area (Å²) in [5, 5.41) is 16.6. The molecule has 0 atom stereocenters. The van der Waals surface area contributed by atoms with Gasteiger partial charge in [-0.15, -0.1) is 0 Å². The van der Waals surface area contributed by atoms with Gasteiger partial charge in [-0.2, -0.15) is 9.64 Å². The molecule has 0 aliphatic rings. The lowest BCUT2D eigenvalue weighted by Gasteiger charge is -1.77. The molecule has 1 aromatic heterocycles. The lowest BCUT2D eigenvalue weighted by molar-refractivity contribution is 0.0692. The first-order valence-corrected chi connectivity index (χ1v) is 3.11. The van der Waals surface area contributed by atoms with Gasteiger partial charge < -0.3 is 5.11 Å². The minimum absolute atomic E-state index is 0.0680. The zero-order valence-electron chi connectivity index (χ0n) is 4.74. The molecule has 0 spiro atoms. The summed E-state index contributed by atoms with van der Waals surface area (Å²) in [5.74, 6) is -1.10. The molecule has 0 aliphatic carbocycles. The van der Waals surface area contributed by atoms with Gasteiger partial charge in [0.05, 0.1) is 0 Å². The fraction of sp³-hybridized carbons (Fsp3) is 0. The third kappa shape index (κ3) is 1.11. The molecular weight excluding hydrogens is 152 g/mol. The number of hydrogen-bond acceptors (Lipinski definition) is 4. The number of carbonyl (C=O) groups is 1. The van der Waals surface area contributed by atoms with Crippen molar-refractivity contribution in [1.29, 1.82) is 5.26 Å². The molecule has 1 heterocycles. The average Bonchev–Trinajstić information content (AvgIpc) is 2.34. The van der Waals surface area contributed by atoms with E-state index in [2.05, 4.69) is 4.37 Å². The number of hydrogen-bond donors (Lipinski definition) is 1. The van der Waals surface area contributed by atoms with Crippen molar-refractivity contribution in [2.45, 2.75) is 0 Å². The summed E-state index contributed by atoms with van der Waals surface area (Å²) in [4.78, 5) is 10.5. The van der Waals surface area contributed by atoms with Crippen molar-refractivity contribution in [1.82, 2.24) is 4.37 Å². The maximum Gasteiger partial charge on any atom is 0.355 e. The van der Waals surface area contributed by atoms with Crippen LogP contribution in [0.25, 0.3) is 0 Å². The second-order valence-electron chi connectivity index (χ2n) is 1.49. The number of nitriles is 1. The van der Waals surface area contributed by atoms with Crippen LogP contribution in [0.3, 0.4) is 0 Å². The highest BCUT2D eigenvalue weighted by atomic mass is 32.1. The Morgan fingerprint density at radius 1 is 1.90 bits per heavy atom. The Morgan fingerprint density at radius 2 is 2.60 bits per heavy atom. The van der Waals surface area contributed by atoms with Crippen molar-refractivity contribution in [3.8, 4) is 6.07 Å². The third-order valence-electron chi connectivity index (χ3n) is 0.839. The number of nitrogens with zero attached hydrogens (tertiary/aromatic N) is 2. The first kappa shape index (κ1) is 6.71. The van der Waals surface area contributed by atoms with E-state index in [1.54, 1.807) is 6.07 Å². The standard InChI is InChI=1S/C5H2N2O2S/c6-2-3-1-4(5(8)9)7-10-3/h1H,(H,8,9). The van der Waals surface area contributed by atoms with Crippen LogP contribution in [0.1, 0.15) is 15.4 Å². The third-order valence-corrected chi connectivity index (χ3v) is 1.53. The van der Waals surface area contributed by atoms with Crippen LogP contribution in [-0.2, 0) is 0 Å². The molecule has 1 N–H and O–H groups in total. The second kappa shape index (κ2) is 2.45. The molecule has 4 nitrogen and oxygen atoms in total. The number of rotatable bonds is 1. The molecule has 0 fully saturated rings. The fourth-order valence-corrected chi connectivity index (χ4v) is 0.961. The van der Waals surface area contributed by atoms with Gasteiger partial charge in [0.1, 0.15) is 10.9 Å². The van der Waals surface area contributed by atoms with Crippen molar-refractivity contribution in [2.75, 3.05) is 0 Å². The van der Waals surface area contributed by atoms with Crippen LogP contribution in [0, 0.1) is 11.3 Å². The molecule has 0 aromatic carbocycles. The monoisotopic (exact) mass is 154 g/mol. The summed E-state index contributed by atoms with van der Waals surface area (Å²) in [5.41, 5.74) is -0.0680. The van der Waals surface area contributed by atoms with Gasteiger partial charge in [-0.25, -0.2) is 4.79 Å². The van der Waals surface area contributed by atoms with Gasteiger partial charge in [0, 0.05) is 6.07 Å². The molecule has 10 heavy (non-hydrogen) atoms. The molecule has 0 bridgehead atoms. The Hall–Kier alpha value is -1.41. The first-order valence-electron chi connectivity index (χ1n) is 2.34. The molecule has 1 aromatic rings. The first-order chi connectivity index (χ1) is 4.74. The lowest BCUT2D eigenvalue weighted by atomic mass is 10.4. The highest BCUT2D eigenvalue weighted by Gasteiger charge is 2.06. The highest BCUT2D eigenvalue weighted by molar-refractivity contribution is 7.06. The summed E-state index contributed by atoms with van der Waals surface area (Å²) in [6.07, 6.45) is 0. The van der Waals surface area contributed by atoms with E-state index in [0.29, 0.717) is 4.88 Å². The van der Waals surface area contributed by atoms with Gasteiger partial charge in [0.2, 0.25) is 0 Å². The molecule has 1 rings (SSSR count). The van der Waals surface area contributed by atoms with Crippen molar-refractivity contribution in [3.05, 3.63) is 16.6 Å². The summed E-state index contributed by atoms with van der Waals surface area (Å²) in [6.45, 7) is 0. The van der Waals surface area contributed by atoms with Gasteiger partial charge in [0.15, 0.2) is 5.69 Å². The van der Waals surface area contributed by atoms with Crippen LogP contribution in [0.4, 0.5) is 0 Å². The minimum atomic E-state index is -1.10. The van der Waals surface area contributed by atoms with E-state index in [0.717, 1.165) is 11.5 Å². The Balaban J connectivity index is 3.02. The number of aromatic nitrogens is 1. The van der Waals surface area contributed by atoms with Crippen LogP contribution in [0.2, 0.25) is 0 Å². The van der Waals surface area contributed by atoms with Crippen molar-refractivity contribution >= 4 is 17.5 Å². The Morgan fingerprint density at radius 3 is 2.90 bits per heavy atom. The number of carboxylic acids is 1. The Labute approximate surface area is 60.5 Å². The van der Waals surface area contributed by atoms with E-state index < -0.39 is 5.97 Å². The van der Waals surface area contributed by atoms with Gasteiger partial charge in [0.25, 0.3) is 0 Å². The zero-order chi connectivity index (χ0) is 7.56. The summed E-state index contributed by atoms with van der Waals surface area (Å²) in [7, 11) is 0. The molecule has 5 heteroatoms. The van der Waals surface area contributed by atoms with E-state index in [4.69, 9.17) is 10.4 Å². The molecule has 0 saturated carbocycles. The number of aromatic carboxylic acids is 1. The predicted octanol–water partition coefficient (Wildman–Crippen LogP) is 0.713. The molecule has 0 saturated heterocycles. The van der Waals surface area contributed by atoms with Crippen LogP contribution >= 0.6 is 11.5 Å². The average molecular weight is 154 g/mol. The number of carboxylic acid groups (broad SMARTS) is 1. The van der Waals surface area contributed by atoms with Gasteiger partial charge >= 0.3 is 5.97 Å². The summed E-state index contributed by atoms with van der Waals surface area (Å²) >= 11 is 0.886. The van der Waals surface area contributed by atoms with Crippen LogP contribution in [0.5, 0.6) is 0 Å². The minimum Gasteiger partial charge on any atom is -0.476 e. The van der Waals surface area contributed by atoms with E-state index in [-0.39, 0.29) is 5.69 Å². The Kier molecular flexibility index (Phi) is 1.65. The second-order valence-corrected chi connectivity index (χ2v) is 2.30. The normalized spacial score (nSPS) is 8.70. The van der Waals surface area contributed by atoms with Crippen molar-refractivity contribution in [2.24, 2.45) is 0 Å². The van der Waals surface area contributed by atoms with Gasteiger partial charge in [-0.1, -0.05) is 0 Å². The van der Waals surface area contributed by atoms with Crippen LogP contribution in [0.15, 0.2) is 6.07 Å². The SMILES string of the molecule is N#Cc1cc(C(=O)O)ns1. The zero-order valence-corrected chi connectivity index (χ0v) is 5.55. The molecule has 50 valence electrons. The lowest BCUT2D eigenvalue weighted by Crippen LogP contribution is -1.94. The van der Waals surface area contributed by atoms with E-state index in [9.17, 15) is 4.79 Å². The summed E-state index contributed by atoms with van der Waals surface area (Å²) in [6, 6.07) is 3.04. The van der Waals surface area contributed by atoms with Gasteiger partial charge in [-0.3, -0.25) is 0 Å². The van der Waals surface area contributed by atoms with E-state index in [1.807, 2.05) is 0 Å². The maximum absolute atomic E-state index is 10.2. The quantitative estimate of drug-likeness (QED) is 0.646. The fourth-order valence-electron chi connectivity index (χ4n) is 0.429. The molecular formula is C5H2N2O2S. The van der Waals surface area contributed by atoms with E-state index in [1.165, 1.54) is 6.07 Å². The maximum atomic E-state index is 10.2. The Bertz CT molecular complexity index is 299. The molecule has 0 amide bonds. The van der Waals surface area contributed by atoms with E-state index >= 15 is 0 Å². The predicted molar refractivity (Wildman–Crippen MR) is 33.8 cm³/mol. The summed E-state index contributed by atoms with van der Waals surface area (Å²) < 4.78 is 3.51. The molecule has 0 radical (unpaired) electrons. The van der Waals surface area contributed by atoms with Crippen molar-refractivity contribution in [3.63, 3.8) is 0 Å². The van der Waals surface area contributed by atoms with Crippen LogP contribution < -0.4 is 0 Å².